The third kappa shape index (κ3) is 5.02. The first-order valence-corrected chi connectivity index (χ1v) is 10.4. The molecule has 0 aliphatic rings. The van der Waals surface area contributed by atoms with E-state index >= 15 is 0 Å². The Morgan fingerprint density at radius 2 is 2.03 bits per heavy atom. The highest BCUT2D eigenvalue weighted by atomic mass is 16.5. The first kappa shape index (κ1) is 22.3. The summed E-state index contributed by atoms with van der Waals surface area (Å²) < 4.78 is 6.98. The smallest absolute Gasteiger partial charge is 0.267 e. The van der Waals surface area contributed by atoms with Gasteiger partial charge < -0.3 is 14.4 Å². The number of aromatic nitrogens is 3. The maximum atomic E-state index is 13.2. The van der Waals surface area contributed by atoms with E-state index in [1.54, 1.807) is 11.6 Å². The average molecular weight is 419 g/mol. The van der Waals surface area contributed by atoms with E-state index in [4.69, 9.17) is 4.52 Å². The summed E-state index contributed by atoms with van der Waals surface area (Å²) in [6.07, 6.45) is 4.66. The molecule has 0 unspecified atom stereocenters. The summed E-state index contributed by atoms with van der Waals surface area (Å²) in [6.45, 7) is 14.0. The molecule has 2 heterocycles. The molecule has 0 atom stereocenters. The third-order valence-corrected chi connectivity index (χ3v) is 5.02. The van der Waals surface area contributed by atoms with E-state index in [-0.39, 0.29) is 5.56 Å². The van der Waals surface area contributed by atoms with Crippen molar-refractivity contribution in [3.05, 3.63) is 68.8 Å². The van der Waals surface area contributed by atoms with Gasteiger partial charge in [-0.2, -0.15) is 4.98 Å². The SMILES string of the molecule is C=C(C)/C=c1\c(=CC)cc(-c2cc(Nc3noc(CC(C)C)n3)ccc2C)c(=O)n1C. The monoisotopic (exact) mass is 418 g/mol. The van der Waals surface area contributed by atoms with Gasteiger partial charge in [-0.15, -0.1) is 0 Å². The Balaban J connectivity index is 2.07. The molecule has 1 N–H and O–H groups in total. The van der Waals surface area contributed by atoms with Crippen molar-refractivity contribution in [1.29, 1.82) is 0 Å². The second-order valence-electron chi connectivity index (χ2n) is 8.31. The van der Waals surface area contributed by atoms with Crippen LogP contribution in [0.25, 0.3) is 23.3 Å². The fourth-order valence-electron chi connectivity index (χ4n) is 3.47. The Morgan fingerprint density at radius 3 is 2.68 bits per heavy atom. The molecule has 3 rings (SSSR count). The molecular formula is C25H30N4O2. The van der Waals surface area contributed by atoms with Gasteiger partial charge >= 0.3 is 0 Å². The summed E-state index contributed by atoms with van der Waals surface area (Å²) in [6, 6.07) is 7.82. The van der Waals surface area contributed by atoms with Gasteiger partial charge in [0.05, 0.1) is 5.35 Å². The maximum Gasteiger partial charge on any atom is 0.267 e. The van der Waals surface area contributed by atoms with Crippen LogP contribution in [0.2, 0.25) is 0 Å². The van der Waals surface area contributed by atoms with Crippen LogP contribution in [0.3, 0.4) is 0 Å². The number of aryl methyl sites for hydroxylation is 1. The van der Waals surface area contributed by atoms with Crippen molar-refractivity contribution in [3.8, 4) is 11.1 Å². The van der Waals surface area contributed by atoms with Crippen LogP contribution in [-0.4, -0.2) is 14.7 Å². The molecule has 1 aromatic carbocycles. The summed E-state index contributed by atoms with van der Waals surface area (Å²) in [5, 5.41) is 9.02. The second-order valence-corrected chi connectivity index (χ2v) is 8.31. The highest BCUT2D eigenvalue weighted by Crippen LogP contribution is 2.25. The lowest BCUT2D eigenvalue weighted by molar-refractivity contribution is 0.363. The summed E-state index contributed by atoms with van der Waals surface area (Å²) in [4.78, 5) is 17.6. The van der Waals surface area contributed by atoms with Crippen LogP contribution in [-0.2, 0) is 13.5 Å². The van der Waals surface area contributed by atoms with Crippen molar-refractivity contribution < 1.29 is 4.52 Å². The number of benzene rings is 1. The number of hydrogen-bond donors (Lipinski definition) is 1. The summed E-state index contributed by atoms with van der Waals surface area (Å²) in [5.74, 6) is 1.45. The van der Waals surface area contributed by atoms with Gasteiger partial charge in [-0.3, -0.25) is 4.79 Å². The van der Waals surface area contributed by atoms with E-state index in [2.05, 4.69) is 35.9 Å². The Hall–Kier alpha value is -3.41. The Kier molecular flexibility index (Phi) is 6.59. The Bertz CT molecular complexity index is 1300. The van der Waals surface area contributed by atoms with E-state index in [1.165, 1.54) is 0 Å². The minimum absolute atomic E-state index is 0.0582. The fraction of sp³-hybridized carbons (Fsp3) is 0.320. The van der Waals surface area contributed by atoms with Gasteiger partial charge in [-0.1, -0.05) is 38.1 Å². The zero-order valence-electron chi connectivity index (χ0n) is 19.1. The predicted molar refractivity (Wildman–Crippen MR) is 127 cm³/mol. The molecule has 0 saturated heterocycles. The molecule has 3 aromatic rings. The highest BCUT2D eigenvalue weighted by molar-refractivity contribution is 5.72. The molecule has 31 heavy (non-hydrogen) atoms. The maximum absolute atomic E-state index is 13.2. The minimum Gasteiger partial charge on any atom is -0.337 e. The van der Waals surface area contributed by atoms with Crippen molar-refractivity contribution in [2.75, 3.05) is 5.32 Å². The summed E-state index contributed by atoms with van der Waals surface area (Å²) in [5.41, 5.74) is 4.14. The van der Waals surface area contributed by atoms with Gasteiger partial charge in [0.25, 0.3) is 11.5 Å². The zero-order valence-corrected chi connectivity index (χ0v) is 19.1. The number of allylic oxidation sites excluding steroid dienone is 1. The van der Waals surface area contributed by atoms with Crippen molar-refractivity contribution in [3.63, 3.8) is 0 Å². The van der Waals surface area contributed by atoms with Crippen LogP contribution in [0.15, 0.2) is 45.7 Å². The van der Waals surface area contributed by atoms with Crippen LogP contribution >= 0.6 is 0 Å². The van der Waals surface area contributed by atoms with E-state index in [1.807, 2.05) is 57.2 Å². The van der Waals surface area contributed by atoms with Crippen molar-refractivity contribution in [2.45, 2.75) is 41.0 Å². The van der Waals surface area contributed by atoms with Crippen molar-refractivity contribution in [1.82, 2.24) is 14.7 Å². The third-order valence-electron chi connectivity index (χ3n) is 5.02. The molecule has 0 fully saturated rings. The summed E-state index contributed by atoms with van der Waals surface area (Å²) >= 11 is 0. The molecule has 0 radical (unpaired) electrons. The van der Waals surface area contributed by atoms with Crippen LogP contribution in [0.1, 0.15) is 39.1 Å². The average Bonchev–Trinajstić information content (AvgIpc) is 3.13. The quantitative estimate of drug-likeness (QED) is 0.658. The van der Waals surface area contributed by atoms with E-state index in [0.717, 1.165) is 39.4 Å². The molecule has 0 aliphatic heterocycles. The van der Waals surface area contributed by atoms with Gasteiger partial charge in [0.2, 0.25) is 5.89 Å². The minimum atomic E-state index is -0.0582. The number of nitrogens with zero attached hydrogens (tertiary/aromatic N) is 3. The Morgan fingerprint density at radius 1 is 1.29 bits per heavy atom. The van der Waals surface area contributed by atoms with Gasteiger partial charge in [0.1, 0.15) is 0 Å². The normalized spacial score (nSPS) is 12.6. The van der Waals surface area contributed by atoms with Crippen LogP contribution in [0, 0.1) is 12.8 Å². The first-order valence-electron chi connectivity index (χ1n) is 10.4. The van der Waals surface area contributed by atoms with Gasteiger partial charge in [0.15, 0.2) is 0 Å². The lowest BCUT2D eigenvalue weighted by atomic mass is 10.00. The van der Waals surface area contributed by atoms with E-state index in [0.29, 0.717) is 23.3 Å². The largest absolute Gasteiger partial charge is 0.337 e. The molecule has 0 saturated carbocycles. The van der Waals surface area contributed by atoms with Gasteiger partial charge in [-0.25, -0.2) is 0 Å². The molecule has 6 heteroatoms. The van der Waals surface area contributed by atoms with Crippen LogP contribution in [0.5, 0.6) is 0 Å². The van der Waals surface area contributed by atoms with E-state index < -0.39 is 0 Å². The van der Waals surface area contributed by atoms with Gasteiger partial charge in [0, 0.05) is 24.7 Å². The van der Waals surface area contributed by atoms with Crippen LogP contribution < -0.4 is 21.4 Å². The van der Waals surface area contributed by atoms with E-state index in [9.17, 15) is 4.79 Å². The lowest BCUT2D eigenvalue weighted by Gasteiger charge is -2.11. The number of pyridine rings is 1. The molecule has 2 aromatic heterocycles. The Labute approximate surface area is 182 Å². The molecule has 0 amide bonds. The highest BCUT2D eigenvalue weighted by Gasteiger charge is 2.13. The molecule has 6 nitrogen and oxygen atoms in total. The van der Waals surface area contributed by atoms with Crippen LogP contribution in [0.4, 0.5) is 11.6 Å². The van der Waals surface area contributed by atoms with Crippen molar-refractivity contribution >= 4 is 23.8 Å². The summed E-state index contributed by atoms with van der Waals surface area (Å²) in [7, 11) is 1.79. The first-order chi connectivity index (χ1) is 14.7. The number of nitrogens with one attached hydrogen (secondary N) is 1. The number of hydrogen-bond acceptors (Lipinski definition) is 5. The van der Waals surface area contributed by atoms with Crippen molar-refractivity contribution in [2.24, 2.45) is 13.0 Å². The second kappa shape index (κ2) is 9.16. The van der Waals surface area contributed by atoms with Gasteiger partial charge in [-0.05, 0) is 72.5 Å². The molecule has 0 aliphatic carbocycles. The number of anilines is 2. The zero-order chi connectivity index (χ0) is 22.7. The molecule has 0 spiro atoms. The standard InChI is InChI=1S/C25H30N4O2/c1-8-18-13-21(24(30)29(7)22(18)11-15(2)3)20-14-19(10-9-17(20)6)26-25-27-23(31-28-25)12-16(4)5/h8-11,13-14,16H,2,12H2,1,3-7H3,(H,26,28)/b18-8?,22-11+. The lowest BCUT2D eigenvalue weighted by Crippen LogP contribution is -2.42. The fourth-order valence-corrected chi connectivity index (χ4v) is 3.47. The predicted octanol–water partition coefficient (Wildman–Crippen LogP) is 3.84. The molecule has 0 bridgehead atoms. The topological polar surface area (TPSA) is 73.0 Å². The number of rotatable bonds is 6. The molecule has 162 valence electrons. The molecular weight excluding hydrogens is 388 g/mol.